The molecule has 0 radical (unpaired) electrons. The van der Waals surface area contributed by atoms with Crippen molar-refractivity contribution in [1.82, 2.24) is 9.97 Å². The Bertz CT molecular complexity index is 332. The zero-order valence-electron chi connectivity index (χ0n) is 10.3. The fourth-order valence-electron chi connectivity index (χ4n) is 1.69. The van der Waals surface area contributed by atoms with Crippen LogP contribution in [0.25, 0.3) is 0 Å². The summed E-state index contributed by atoms with van der Waals surface area (Å²) in [6.45, 7) is 10.2. The van der Waals surface area contributed by atoms with Crippen molar-refractivity contribution in [2.24, 2.45) is 0 Å². The number of hydrogen-bond donors (Lipinski definition) is 1. The first-order chi connectivity index (χ1) is 7.13. The van der Waals surface area contributed by atoms with Gasteiger partial charge in [-0.05, 0) is 27.7 Å². The normalized spacial score (nSPS) is 10.2. The van der Waals surface area contributed by atoms with E-state index in [1.807, 2.05) is 14.0 Å². The molecule has 1 N–H and O–H groups in total. The number of nitrogens with zero attached hydrogens (tertiary/aromatic N) is 3. The molecule has 0 aliphatic heterocycles. The maximum atomic E-state index is 4.50. The van der Waals surface area contributed by atoms with E-state index in [1.165, 1.54) is 0 Å². The van der Waals surface area contributed by atoms with Crippen molar-refractivity contribution in [3.8, 4) is 0 Å². The second kappa shape index (κ2) is 4.96. The van der Waals surface area contributed by atoms with Gasteiger partial charge >= 0.3 is 0 Å². The SMILES string of the molecule is CCN(CC)c1nc(C)nc(NC)c1C. The van der Waals surface area contributed by atoms with Gasteiger partial charge in [0.05, 0.1) is 0 Å². The van der Waals surface area contributed by atoms with Crippen LogP contribution in [0.4, 0.5) is 11.6 Å². The summed E-state index contributed by atoms with van der Waals surface area (Å²) in [6, 6.07) is 0. The summed E-state index contributed by atoms with van der Waals surface area (Å²) < 4.78 is 0. The van der Waals surface area contributed by atoms with Crippen LogP contribution >= 0.6 is 0 Å². The van der Waals surface area contributed by atoms with Gasteiger partial charge in [-0.15, -0.1) is 0 Å². The van der Waals surface area contributed by atoms with E-state index in [2.05, 4.69) is 41.0 Å². The van der Waals surface area contributed by atoms with Crippen LogP contribution < -0.4 is 10.2 Å². The van der Waals surface area contributed by atoms with Crippen LogP contribution in [0, 0.1) is 13.8 Å². The minimum absolute atomic E-state index is 0.812. The second-order valence-electron chi connectivity index (χ2n) is 3.49. The summed E-state index contributed by atoms with van der Waals surface area (Å²) in [5, 5.41) is 3.10. The van der Waals surface area contributed by atoms with Crippen LogP contribution in [0.3, 0.4) is 0 Å². The van der Waals surface area contributed by atoms with Crippen LogP contribution in [-0.4, -0.2) is 30.1 Å². The van der Waals surface area contributed by atoms with E-state index in [9.17, 15) is 0 Å². The number of aryl methyl sites for hydroxylation is 1. The smallest absolute Gasteiger partial charge is 0.137 e. The number of aromatic nitrogens is 2. The zero-order chi connectivity index (χ0) is 11.4. The van der Waals surface area contributed by atoms with Crippen molar-refractivity contribution in [2.45, 2.75) is 27.7 Å². The van der Waals surface area contributed by atoms with Crippen molar-refractivity contribution in [3.05, 3.63) is 11.4 Å². The van der Waals surface area contributed by atoms with Gasteiger partial charge in [-0.1, -0.05) is 0 Å². The van der Waals surface area contributed by atoms with E-state index in [1.54, 1.807) is 0 Å². The molecule has 0 fully saturated rings. The average molecular weight is 208 g/mol. The Morgan fingerprint density at radius 2 is 1.73 bits per heavy atom. The Labute approximate surface area is 91.7 Å². The second-order valence-corrected chi connectivity index (χ2v) is 3.49. The van der Waals surface area contributed by atoms with Crippen molar-refractivity contribution in [2.75, 3.05) is 30.4 Å². The van der Waals surface area contributed by atoms with Gasteiger partial charge in [0.15, 0.2) is 0 Å². The summed E-state index contributed by atoms with van der Waals surface area (Å²) in [6.07, 6.45) is 0. The fourth-order valence-corrected chi connectivity index (χ4v) is 1.69. The summed E-state index contributed by atoms with van der Waals surface area (Å²) in [4.78, 5) is 11.1. The van der Waals surface area contributed by atoms with Crippen molar-refractivity contribution >= 4 is 11.6 Å². The molecule has 1 heterocycles. The van der Waals surface area contributed by atoms with Gasteiger partial charge in [-0.2, -0.15) is 0 Å². The van der Waals surface area contributed by atoms with Gasteiger partial charge in [0, 0.05) is 25.7 Å². The number of anilines is 2. The third-order valence-corrected chi connectivity index (χ3v) is 2.53. The highest BCUT2D eigenvalue weighted by Crippen LogP contribution is 2.22. The molecule has 0 unspecified atom stereocenters. The van der Waals surface area contributed by atoms with Gasteiger partial charge in [0.25, 0.3) is 0 Å². The van der Waals surface area contributed by atoms with E-state index in [4.69, 9.17) is 0 Å². The first-order valence-electron chi connectivity index (χ1n) is 5.41. The van der Waals surface area contributed by atoms with Crippen LogP contribution in [0.15, 0.2) is 0 Å². The van der Waals surface area contributed by atoms with E-state index in [0.29, 0.717) is 0 Å². The van der Waals surface area contributed by atoms with E-state index in [-0.39, 0.29) is 0 Å². The van der Waals surface area contributed by atoms with E-state index in [0.717, 1.165) is 36.1 Å². The van der Waals surface area contributed by atoms with Gasteiger partial charge in [0.2, 0.25) is 0 Å². The van der Waals surface area contributed by atoms with Gasteiger partial charge in [-0.3, -0.25) is 0 Å². The molecule has 0 aromatic carbocycles. The molecule has 84 valence electrons. The minimum Gasteiger partial charge on any atom is -0.373 e. The minimum atomic E-state index is 0.812. The number of nitrogens with one attached hydrogen (secondary N) is 1. The Kier molecular flexibility index (Phi) is 3.88. The van der Waals surface area contributed by atoms with Gasteiger partial charge < -0.3 is 10.2 Å². The lowest BCUT2D eigenvalue weighted by atomic mass is 10.2. The summed E-state index contributed by atoms with van der Waals surface area (Å²) >= 11 is 0. The molecule has 1 aromatic heterocycles. The first-order valence-corrected chi connectivity index (χ1v) is 5.41. The molecule has 0 saturated heterocycles. The highest BCUT2D eigenvalue weighted by molar-refractivity contribution is 5.58. The molecule has 0 aliphatic carbocycles. The summed E-state index contributed by atoms with van der Waals surface area (Å²) in [7, 11) is 1.89. The van der Waals surface area contributed by atoms with E-state index < -0.39 is 0 Å². The van der Waals surface area contributed by atoms with Gasteiger partial charge in [-0.25, -0.2) is 9.97 Å². The Balaban J connectivity index is 3.21. The van der Waals surface area contributed by atoms with Gasteiger partial charge in [0.1, 0.15) is 17.5 Å². The van der Waals surface area contributed by atoms with E-state index >= 15 is 0 Å². The molecule has 4 heteroatoms. The quantitative estimate of drug-likeness (QED) is 0.821. The van der Waals surface area contributed by atoms with Crippen molar-refractivity contribution < 1.29 is 0 Å². The predicted octanol–water partition coefficient (Wildman–Crippen LogP) is 1.98. The molecule has 0 bridgehead atoms. The Morgan fingerprint density at radius 1 is 1.13 bits per heavy atom. The van der Waals surface area contributed by atoms with Crippen molar-refractivity contribution in [1.29, 1.82) is 0 Å². The molecule has 1 rings (SSSR count). The predicted molar refractivity (Wildman–Crippen MR) is 64.6 cm³/mol. The number of hydrogen-bond acceptors (Lipinski definition) is 4. The molecule has 0 amide bonds. The highest BCUT2D eigenvalue weighted by Gasteiger charge is 2.12. The highest BCUT2D eigenvalue weighted by atomic mass is 15.2. The summed E-state index contributed by atoms with van der Waals surface area (Å²) in [5.41, 5.74) is 1.12. The maximum Gasteiger partial charge on any atom is 0.137 e. The van der Waals surface area contributed by atoms with Crippen LogP contribution in [0.1, 0.15) is 25.2 Å². The molecular weight excluding hydrogens is 188 g/mol. The molecule has 0 saturated carbocycles. The molecule has 15 heavy (non-hydrogen) atoms. The first kappa shape index (κ1) is 11.8. The molecule has 0 spiro atoms. The van der Waals surface area contributed by atoms with Crippen LogP contribution in [0.2, 0.25) is 0 Å². The van der Waals surface area contributed by atoms with Crippen molar-refractivity contribution in [3.63, 3.8) is 0 Å². The largest absolute Gasteiger partial charge is 0.373 e. The molecule has 0 aliphatic rings. The standard InChI is InChI=1S/C11H20N4/c1-6-15(7-2)11-8(3)10(12-5)13-9(4)14-11/h6-7H2,1-5H3,(H,12,13,14). The van der Waals surface area contributed by atoms with Crippen LogP contribution in [0.5, 0.6) is 0 Å². The Hall–Kier alpha value is -1.32. The average Bonchev–Trinajstić information content (AvgIpc) is 2.24. The maximum absolute atomic E-state index is 4.50. The molecule has 1 aromatic rings. The Morgan fingerprint density at radius 3 is 2.20 bits per heavy atom. The topological polar surface area (TPSA) is 41.1 Å². The number of rotatable bonds is 4. The molecular formula is C11H20N4. The lowest BCUT2D eigenvalue weighted by molar-refractivity contribution is 0.828. The zero-order valence-corrected chi connectivity index (χ0v) is 10.3. The lowest BCUT2D eigenvalue weighted by Gasteiger charge is -2.23. The molecule has 0 atom stereocenters. The fraction of sp³-hybridized carbons (Fsp3) is 0.636. The lowest BCUT2D eigenvalue weighted by Crippen LogP contribution is -2.25. The third kappa shape index (κ3) is 2.37. The molecule has 4 nitrogen and oxygen atoms in total. The monoisotopic (exact) mass is 208 g/mol. The van der Waals surface area contributed by atoms with Crippen LogP contribution in [-0.2, 0) is 0 Å². The third-order valence-electron chi connectivity index (χ3n) is 2.53. The summed E-state index contributed by atoms with van der Waals surface area (Å²) in [5.74, 6) is 2.77.